The summed E-state index contributed by atoms with van der Waals surface area (Å²) in [5.41, 5.74) is 1.95. The zero-order valence-electron chi connectivity index (χ0n) is 18.8. The number of Topliss-reactive ketones (excluding diaryl/α,β-unsaturated/α-hetero) is 1. The standard InChI is InChI=1S/C25H24FN3O5/c1-14(30)23-11-22(29-34-23)25(32)27-12-15-3-4-17(21(26)9-15)13-28-24(31)20-10-19(20)16-5-7-18(33-2)8-6-16/h3-9,11,19-20H,10,12-13H2,1-2H3,(H,27,32)(H,28,31)/t19-,20+/m0/s1. The molecule has 3 aromatic rings. The number of methoxy groups -OCH3 is 1. The molecule has 9 heteroatoms. The minimum atomic E-state index is -0.538. The van der Waals surface area contributed by atoms with E-state index in [-0.39, 0.29) is 48.1 Å². The first kappa shape index (κ1) is 23.2. The minimum absolute atomic E-state index is 0.0101. The number of ketones is 1. The highest BCUT2D eigenvalue weighted by atomic mass is 19.1. The van der Waals surface area contributed by atoms with Gasteiger partial charge in [-0.05, 0) is 41.7 Å². The number of rotatable bonds is 9. The van der Waals surface area contributed by atoms with E-state index in [1.54, 1.807) is 19.2 Å². The second-order valence-electron chi connectivity index (χ2n) is 8.18. The fraction of sp³-hybridized carbons (Fsp3) is 0.280. The Bertz CT molecular complexity index is 1220. The number of nitrogens with zero attached hydrogens (tertiary/aromatic N) is 1. The maximum absolute atomic E-state index is 14.5. The van der Waals surface area contributed by atoms with Crippen molar-refractivity contribution in [2.24, 2.45) is 5.92 Å². The van der Waals surface area contributed by atoms with Crippen molar-refractivity contribution in [1.82, 2.24) is 15.8 Å². The number of aromatic nitrogens is 1. The zero-order chi connectivity index (χ0) is 24.2. The van der Waals surface area contributed by atoms with Crippen LogP contribution in [-0.4, -0.2) is 29.9 Å². The van der Waals surface area contributed by atoms with Gasteiger partial charge in [-0.3, -0.25) is 14.4 Å². The predicted molar refractivity (Wildman–Crippen MR) is 120 cm³/mol. The van der Waals surface area contributed by atoms with Crippen LogP contribution in [-0.2, 0) is 17.9 Å². The number of ether oxygens (including phenoxy) is 1. The SMILES string of the molecule is COc1ccc([C@@H]2C[C@H]2C(=O)NCc2ccc(CNC(=O)c3cc(C(C)=O)on3)cc2F)cc1. The van der Waals surface area contributed by atoms with Gasteiger partial charge in [-0.15, -0.1) is 0 Å². The minimum Gasteiger partial charge on any atom is -0.497 e. The van der Waals surface area contributed by atoms with Gasteiger partial charge in [0.05, 0.1) is 7.11 Å². The van der Waals surface area contributed by atoms with Crippen molar-refractivity contribution in [3.05, 3.63) is 82.5 Å². The number of hydrogen-bond donors (Lipinski definition) is 2. The molecule has 1 fully saturated rings. The van der Waals surface area contributed by atoms with Gasteiger partial charge in [-0.1, -0.05) is 29.4 Å². The number of amides is 2. The molecule has 1 saturated carbocycles. The molecule has 2 aromatic carbocycles. The highest BCUT2D eigenvalue weighted by Gasteiger charge is 2.43. The molecule has 2 N–H and O–H groups in total. The summed E-state index contributed by atoms with van der Waals surface area (Å²) in [7, 11) is 1.61. The van der Waals surface area contributed by atoms with Crippen LogP contribution in [0.25, 0.3) is 0 Å². The Balaban J connectivity index is 1.26. The van der Waals surface area contributed by atoms with Crippen LogP contribution in [0.1, 0.15) is 57.0 Å². The van der Waals surface area contributed by atoms with E-state index in [9.17, 15) is 18.8 Å². The van der Waals surface area contributed by atoms with Crippen LogP contribution in [0.3, 0.4) is 0 Å². The normalized spacial score (nSPS) is 16.6. The van der Waals surface area contributed by atoms with Gasteiger partial charge in [-0.2, -0.15) is 0 Å². The molecule has 4 rings (SSSR count). The second kappa shape index (κ2) is 9.86. The Morgan fingerprint density at radius 1 is 1.09 bits per heavy atom. The third-order valence-electron chi connectivity index (χ3n) is 5.78. The number of hydrogen-bond acceptors (Lipinski definition) is 6. The van der Waals surface area contributed by atoms with E-state index in [0.29, 0.717) is 11.1 Å². The van der Waals surface area contributed by atoms with Gasteiger partial charge >= 0.3 is 0 Å². The third kappa shape index (κ3) is 5.31. The molecule has 2 atom stereocenters. The molecule has 0 unspecified atom stereocenters. The van der Waals surface area contributed by atoms with Crippen molar-refractivity contribution in [3.63, 3.8) is 0 Å². The highest BCUT2D eigenvalue weighted by molar-refractivity contribution is 5.96. The van der Waals surface area contributed by atoms with Crippen molar-refractivity contribution in [1.29, 1.82) is 0 Å². The Labute approximate surface area is 195 Å². The Hall–Kier alpha value is -4.01. The summed E-state index contributed by atoms with van der Waals surface area (Å²) < 4.78 is 24.5. The molecule has 34 heavy (non-hydrogen) atoms. The van der Waals surface area contributed by atoms with Crippen LogP contribution >= 0.6 is 0 Å². The number of carbonyl (C=O) groups is 3. The quantitative estimate of drug-likeness (QED) is 0.469. The lowest BCUT2D eigenvalue weighted by Crippen LogP contribution is -2.25. The van der Waals surface area contributed by atoms with Crippen LogP contribution in [0.5, 0.6) is 5.75 Å². The number of benzene rings is 2. The number of carbonyl (C=O) groups excluding carboxylic acids is 3. The van der Waals surface area contributed by atoms with E-state index >= 15 is 0 Å². The Morgan fingerprint density at radius 3 is 2.50 bits per heavy atom. The molecule has 0 aliphatic heterocycles. The lowest BCUT2D eigenvalue weighted by Gasteiger charge is -2.09. The first-order chi connectivity index (χ1) is 16.4. The van der Waals surface area contributed by atoms with Gasteiger partial charge in [0.25, 0.3) is 5.91 Å². The molecule has 0 bridgehead atoms. The van der Waals surface area contributed by atoms with Gasteiger partial charge in [0.15, 0.2) is 11.5 Å². The van der Waals surface area contributed by atoms with Gasteiger partial charge in [0.1, 0.15) is 11.6 Å². The predicted octanol–water partition coefficient (Wildman–Crippen LogP) is 3.37. The van der Waals surface area contributed by atoms with Crippen molar-refractivity contribution in [2.45, 2.75) is 32.4 Å². The molecule has 176 valence electrons. The first-order valence-electron chi connectivity index (χ1n) is 10.8. The van der Waals surface area contributed by atoms with E-state index in [4.69, 9.17) is 9.26 Å². The van der Waals surface area contributed by atoms with Gasteiger partial charge in [-0.25, -0.2) is 4.39 Å². The average Bonchev–Trinajstić information content (AvgIpc) is 3.48. The van der Waals surface area contributed by atoms with Crippen LogP contribution in [0.2, 0.25) is 0 Å². The van der Waals surface area contributed by atoms with Crippen molar-refractivity contribution in [3.8, 4) is 5.75 Å². The van der Waals surface area contributed by atoms with E-state index in [1.165, 1.54) is 19.1 Å². The molecular weight excluding hydrogens is 441 g/mol. The number of halogens is 1. The third-order valence-corrected chi connectivity index (χ3v) is 5.78. The van der Waals surface area contributed by atoms with Crippen LogP contribution < -0.4 is 15.4 Å². The Morgan fingerprint density at radius 2 is 1.85 bits per heavy atom. The molecule has 1 heterocycles. The summed E-state index contributed by atoms with van der Waals surface area (Å²) in [4.78, 5) is 35.8. The summed E-state index contributed by atoms with van der Waals surface area (Å²) in [5, 5.41) is 8.95. The molecule has 1 aromatic heterocycles. The molecule has 0 saturated heterocycles. The fourth-order valence-electron chi connectivity index (χ4n) is 3.68. The molecular formula is C25H24FN3O5. The van der Waals surface area contributed by atoms with E-state index in [1.807, 2.05) is 24.3 Å². The highest BCUT2D eigenvalue weighted by Crippen LogP contribution is 2.47. The van der Waals surface area contributed by atoms with E-state index in [2.05, 4.69) is 15.8 Å². The topological polar surface area (TPSA) is 111 Å². The van der Waals surface area contributed by atoms with Crippen molar-refractivity contribution >= 4 is 17.6 Å². The second-order valence-corrected chi connectivity index (χ2v) is 8.18. The Kier molecular flexibility index (Phi) is 6.72. The van der Waals surface area contributed by atoms with E-state index in [0.717, 1.165) is 17.7 Å². The molecule has 2 amide bonds. The molecule has 1 aliphatic carbocycles. The van der Waals surface area contributed by atoms with Crippen LogP contribution in [0.4, 0.5) is 4.39 Å². The summed E-state index contributed by atoms with van der Waals surface area (Å²) in [6.45, 7) is 1.45. The number of nitrogens with one attached hydrogen (secondary N) is 2. The van der Waals surface area contributed by atoms with E-state index < -0.39 is 11.7 Å². The fourth-order valence-corrected chi connectivity index (χ4v) is 3.68. The average molecular weight is 465 g/mol. The smallest absolute Gasteiger partial charge is 0.273 e. The molecule has 1 aliphatic rings. The zero-order valence-corrected chi connectivity index (χ0v) is 18.8. The maximum atomic E-state index is 14.5. The monoisotopic (exact) mass is 465 g/mol. The molecule has 0 radical (unpaired) electrons. The first-order valence-corrected chi connectivity index (χ1v) is 10.8. The van der Waals surface area contributed by atoms with Crippen LogP contribution in [0, 0.1) is 11.7 Å². The summed E-state index contributed by atoms with van der Waals surface area (Å²) in [5.74, 6) is -0.653. The molecule has 8 nitrogen and oxygen atoms in total. The van der Waals surface area contributed by atoms with Crippen molar-refractivity contribution < 1.29 is 28.0 Å². The van der Waals surface area contributed by atoms with Crippen molar-refractivity contribution in [2.75, 3.05) is 7.11 Å². The summed E-state index contributed by atoms with van der Waals surface area (Å²) >= 11 is 0. The maximum Gasteiger partial charge on any atom is 0.273 e. The van der Waals surface area contributed by atoms with Gasteiger partial charge in [0.2, 0.25) is 11.7 Å². The molecule has 0 spiro atoms. The summed E-state index contributed by atoms with van der Waals surface area (Å²) in [6.07, 6.45) is 0.763. The largest absolute Gasteiger partial charge is 0.497 e. The van der Waals surface area contributed by atoms with Crippen LogP contribution in [0.15, 0.2) is 53.1 Å². The van der Waals surface area contributed by atoms with Gasteiger partial charge < -0.3 is 19.9 Å². The van der Waals surface area contributed by atoms with Gasteiger partial charge in [0, 0.05) is 37.6 Å². The summed E-state index contributed by atoms with van der Waals surface area (Å²) in [6, 6.07) is 13.5. The lowest BCUT2D eigenvalue weighted by molar-refractivity contribution is -0.122. The lowest BCUT2D eigenvalue weighted by atomic mass is 10.1.